The largest absolute Gasteiger partial charge is 0.378 e. The second kappa shape index (κ2) is 10.3. The Labute approximate surface area is 154 Å². The average Bonchev–Trinajstić information content (AvgIpc) is 2.69. The monoisotopic (exact) mass is 344 g/mol. The lowest BCUT2D eigenvalue weighted by atomic mass is 9.82. The van der Waals surface area contributed by atoms with Crippen LogP contribution in [0.3, 0.4) is 0 Å². The maximum absolute atomic E-state index is 6.30. The van der Waals surface area contributed by atoms with Gasteiger partial charge in [0, 0.05) is 13.2 Å². The van der Waals surface area contributed by atoms with Crippen LogP contribution in [0.5, 0.6) is 0 Å². The smallest absolute Gasteiger partial charge is 0.0575 e. The Balaban J connectivity index is 1.29. The SMILES string of the molecule is CCCCOC1CCC(COC2CCC(c3ccccc3)CC2)CC1. The summed E-state index contributed by atoms with van der Waals surface area (Å²) in [7, 11) is 0. The van der Waals surface area contributed by atoms with Crippen LogP contribution in [0.25, 0.3) is 0 Å². The topological polar surface area (TPSA) is 18.5 Å². The van der Waals surface area contributed by atoms with E-state index in [-0.39, 0.29) is 0 Å². The zero-order valence-corrected chi connectivity index (χ0v) is 16.0. The molecule has 0 radical (unpaired) electrons. The first-order valence-corrected chi connectivity index (χ1v) is 10.6. The van der Waals surface area contributed by atoms with Crippen LogP contribution in [-0.2, 0) is 9.47 Å². The first kappa shape index (κ1) is 18.9. The summed E-state index contributed by atoms with van der Waals surface area (Å²) in [5, 5.41) is 0. The van der Waals surface area contributed by atoms with E-state index >= 15 is 0 Å². The van der Waals surface area contributed by atoms with Gasteiger partial charge in [0.25, 0.3) is 0 Å². The van der Waals surface area contributed by atoms with Gasteiger partial charge in [-0.2, -0.15) is 0 Å². The number of benzene rings is 1. The summed E-state index contributed by atoms with van der Waals surface area (Å²) < 4.78 is 12.3. The van der Waals surface area contributed by atoms with Crippen LogP contribution in [0, 0.1) is 5.92 Å². The van der Waals surface area contributed by atoms with Gasteiger partial charge < -0.3 is 9.47 Å². The van der Waals surface area contributed by atoms with Gasteiger partial charge >= 0.3 is 0 Å². The van der Waals surface area contributed by atoms with E-state index in [1.54, 1.807) is 0 Å². The highest BCUT2D eigenvalue weighted by molar-refractivity contribution is 5.19. The molecule has 2 aliphatic rings. The molecule has 2 saturated carbocycles. The molecule has 2 heteroatoms. The molecule has 0 aliphatic heterocycles. The average molecular weight is 345 g/mol. The molecule has 0 heterocycles. The molecule has 0 amide bonds. The highest BCUT2D eigenvalue weighted by atomic mass is 16.5. The van der Waals surface area contributed by atoms with E-state index in [1.165, 1.54) is 69.8 Å². The van der Waals surface area contributed by atoms with Crippen LogP contribution in [0.15, 0.2) is 30.3 Å². The molecule has 140 valence electrons. The summed E-state index contributed by atoms with van der Waals surface area (Å²) in [4.78, 5) is 0. The summed E-state index contributed by atoms with van der Waals surface area (Å²) in [6.07, 6.45) is 13.5. The first-order valence-electron chi connectivity index (χ1n) is 10.6. The molecule has 2 fully saturated rings. The lowest BCUT2D eigenvalue weighted by Gasteiger charge is -2.32. The van der Waals surface area contributed by atoms with Crippen LogP contribution in [-0.4, -0.2) is 25.4 Å². The Kier molecular flexibility index (Phi) is 7.81. The molecule has 2 nitrogen and oxygen atoms in total. The molecular weight excluding hydrogens is 308 g/mol. The van der Waals surface area contributed by atoms with E-state index in [2.05, 4.69) is 37.3 Å². The Bertz CT molecular complexity index is 456. The number of hydrogen-bond donors (Lipinski definition) is 0. The van der Waals surface area contributed by atoms with Crippen LogP contribution in [0.4, 0.5) is 0 Å². The molecule has 1 aromatic carbocycles. The number of hydrogen-bond acceptors (Lipinski definition) is 2. The van der Waals surface area contributed by atoms with Crippen molar-refractivity contribution in [2.75, 3.05) is 13.2 Å². The maximum Gasteiger partial charge on any atom is 0.0575 e. The predicted octanol–water partition coefficient (Wildman–Crippen LogP) is 6.10. The van der Waals surface area contributed by atoms with Crippen molar-refractivity contribution in [3.8, 4) is 0 Å². The molecule has 3 rings (SSSR count). The van der Waals surface area contributed by atoms with Crippen molar-refractivity contribution in [3.63, 3.8) is 0 Å². The van der Waals surface area contributed by atoms with Crippen molar-refractivity contribution in [3.05, 3.63) is 35.9 Å². The summed E-state index contributed by atoms with van der Waals surface area (Å²) in [6.45, 7) is 4.15. The van der Waals surface area contributed by atoms with Crippen LogP contribution >= 0.6 is 0 Å². The Morgan fingerprint density at radius 2 is 1.44 bits per heavy atom. The molecule has 0 spiro atoms. The standard InChI is InChI=1S/C23H36O2/c1-2-3-17-24-22-13-9-19(10-14-22)18-25-23-15-11-21(12-16-23)20-7-5-4-6-8-20/h4-8,19,21-23H,2-3,9-18H2,1H3. The van der Waals surface area contributed by atoms with E-state index in [1.807, 2.05) is 0 Å². The van der Waals surface area contributed by atoms with E-state index < -0.39 is 0 Å². The van der Waals surface area contributed by atoms with Crippen LogP contribution in [0.1, 0.15) is 82.6 Å². The summed E-state index contributed by atoms with van der Waals surface area (Å²) in [6, 6.07) is 11.0. The fourth-order valence-electron chi connectivity index (χ4n) is 4.42. The minimum Gasteiger partial charge on any atom is -0.378 e. The van der Waals surface area contributed by atoms with Gasteiger partial charge in [-0.25, -0.2) is 0 Å². The van der Waals surface area contributed by atoms with Crippen molar-refractivity contribution in [2.45, 2.75) is 89.3 Å². The minimum absolute atomic E-state index is 0.499. The van der Waals surface area contributed by atoms with Crippen molar-refractivity contribution in [1.29, 1.82) is 0 Å². The number of ether oxygens (including phenoxy) is 2. The predicted molar refractivity (Wildman–Crippen MR) is 104 cm³/mol. The van der Waals surface area contributed by atoms with Crippen LogP contribution < -0.4 is 0 Å². The normalized spacial score (nSPS) is 30.3. The molecule has 0 atom stereocenters. The van der Waals surface area contributed by atoms with Crippen molar-refractivity contribution in [2.24, 2.45) is 5.92 Å². The first-order chi connectivity index (χ1) is 12.3. The van der Waals surface area contributed by atoms with Crippen molar-refractivity contribution >= 4 is 0 Å². The van der Waals surface area contributed by atoms with Gasteiger partial charge in [-0.05, 0) is 75.2 Å². The van der Waals surface area contributed by atoms with Gasteiger partial charge in [0.1, 0.15) is 0 Å². The van der Waals surface area contributed by atoms with Crippen molar-refractivity contribution < 1.29 is 9.47 Å². The van der Waals surface area contributed by atoms with E-state index in [9.17, 15) is 0 Å². The third-order valence-electron chi connectivity index (χ3n) is 6.16. The second-order valence-corrected chi connectivity index (χ2v) is 8.08. The summed E-state index contributed by atoms with van der Waals surface area (Å²) in [5.41, 5.74) is 1.52. The number of unbranched alkanes of at least 4 members (excludes halogenated alkanes) is 1. The number of rotatable bonds is 8. The Hall–Kier alpha value is -0.860. The fourth-order valence-corrected chi connectivity index (χ4v) is 4.42. The van der Waals surface area contributed by atoms with Gasteiger partial charge in [-0.15, -0.1) is 0 Å². The molecule has 0 N–H and O–H groups in total. The minimum atomic E-state index is 0.499. The van der Waals surface area contributed by atoms with Gasteiger partial charge in [0.2, 0.25) is 0 Å². The van der Waals surface area contributed by atoms with Gasteiger partial charge in [-0.1, -0.05) is 43.7 Å². The third-order valence-corrected chi connectivity index (χ3v) is 6.16. The zero-order valence-electron chi connectivity index (χ0n) is 16.0. The lowest BCUT2D eigenvalue weighted by Crippen LogP contribution is -2.27. The maximum atomic E-state index is 6.30. The molecule has 0 bridgehead atoms. The molecule has 0 unspecified atom stereocenters. The lowest BCUT2D eigenvalue weighted by molar-refractivity contribution is -0.0255. The van der Waals surface area contributed by atoms with Gasteiger partial charge in [-0.3, -0.25) is 0 Å². The third kappa shape index (κ3) is 6.11. The Morgan fingerprint density at radius 1 is 0.800 bits per heavy atom. The van der Waals surface area contributed by atoms with Gasteiger partial charge in [0.05, 0.1) is 12.2 Å². The molecule has 0 saturated heterocycles. The highest BCUT2D eigenvalue weighted by Crippen LogP contribution is 2.34. The fraction of sp³-hybridized carbons (Fsp3) is 0.739. The summed E-state index contributed by atoms with van der Waals surface area (Å²) >= 11 is 0. The van der Waals surface area contributed by atoms with Crippen LogP contribution in [0.2, 0.25) is 0 Å². The molecule has 25 heavy (non-hydrogen) atoms. The molecule has 2 aliphatic carbocycles. The summed E-state index contributed by atoms with van der Waals surface area (Å²) in [5.74, 6) is 1.51. The zero-order chi connectivity index (χ0) is 17.3. The van der Waals surface area contributed by atoms with E-state index in [4.69, 9.17) is 9.47 Å². The van der Waals surface area contributed by atoms with Gasteiger partial charge in [0.15, 0.2) is 0 Å². The quantitative estimate of drug-likeness (QED) is 0.530. The second-order valence-electron chi connectivity index (χ2n) is 8.08. The molecule has 1 aromatic rings. The van der Waals surface area contributed by atoms with Crippen molar-refractivity contribution in [1.82, 2.24) is 0 Å². The van der Waals surface area contributed by atoms with E-state index in [0.29, 0.717) is 12.2 Å². The molecule has 0 aromatic heterocycles. The van der Waals surface area contributed by atoms with E-state index in [0.717, 1.165) is 25.0 Å². The highest BCUT2D eigenvalue weighted by Gasteiger charge is 2.25. The Morgan fingerprint density at radius 3 is 2.12 bits per heavy atom. The molecular formula is C23H36O2.